The Morgan fingerprint density at radius 3 is 2.34 bits per heavy atom. The molecule has 2 amide bonds. The molecule has 1 aliphatic heterocycles. The van der Waals surface area contributed by atoms with Crippen molar-refractivity contribution >= 4 is 40.5 Å². The first-order chi connectivity index (χ1) is 13.7. The highest BCUT2D eigenvalue weighted by Crippen LogP contribution is 2.30. The quantitative estimate of drug-likeness (QED) is 0.596. The molecule has 1 atom stereocenters. The molecule has 0 saturated heterocycles. The van der Waals surface area contributed by atoms with Gasteiger partial charge in [0.15, 0.2) is 5.71 Å². The number of amides is 2. The molecule has 2 aromatic rings. The van der Waals surface area contributed by atoms with Gasteiger partial charge in [0.2, 0.25) is 0 Å². The van der Waals surface area contributed by atoms with Crippen LogP contribution < -0.4 is 10.4 Å². The molecule has 150 valence electrons. The van der Waals surface area contributed by atoms with Gasteiger partial charge in [-0.2, -0.15) is 28.4 Å². The highest BCUT2D eigenvalue weighted by Gasteiger charge is 2.49. The van der Waals surface area contributed by atoms with Crippen LogP contribution in [0.15, 0.2) is 64.8 Å². The molecule has 0 aromatic heterocycles. The van der Waals surface area contributed by atoms with Crippen LogP contribution in [0.1, 0.15) is 17.3 Å². The van der Waals surface area contributed by atoms with E-state index >= 15 is 0 Å². The van der Waals surface area contributed by atoms with Crippen molar-refractivity contribution in [2.24, 2.45) is 16.1 Å². The fourth-order valence-corrected chi connectivity index (χ4v) is 2.83. The smallest absolute Gasteiger partial charge is 0.271 e. The van der Waals surface area contributed by atoms with E-state index in [0.29, 0.717) is 10.7 Å². The van der Waals surface area contributed by atoms with Crippen LogP contribution in [-0.2, 0) is 4.79 Å². The Labute approximate surface area is 168 Å². The molecule has 0 fully saturated rings. The number of rotatable bonds is 4. The molecule has 29 heavy (non-hydrogen) atoms. The number of hydrogen-bond acceptors (Lipinski definition) is 4. The largest absolute Gasteiger partial charge is 0.432 e. The summed E-state index contributed by atoms with van der Waals surface area (Å²) in [5.41, 5.74) is 0.705. The zero-order chi connectivity index (χ0) is 21.2. The van der Waals surface area contributed by atoms with Crippen LogP contribution in [0.5, 0.6) is 0 Å². The minimum Gasteiger partial charge on any atom is -0.271 e. The standard InChI is InChI=1S/C19H14ClF3N4O2/c1-11-15(18(29)27(26-11)14-5-3-2-4-6-14)16(19(21,22)23)24-25-17(28)12-7-9-13(20)10-8-12/h2-10,15H,1H3,(H,25,28)/b24-16+/t15-/m1/s1. The molecule has 6 nitrogen and oxygen atoms in total. The first-order valence-corrected chi connectivity index (χ1v) is 8.71. The van der Waals surface area contributed by atoms with Gasteiger partial charge in [0.05, 0.1) is 11.4 Å². The average molecular weight is 423 g/mol. The molecule has 2 aromatic carbocycles. The summed E-state index contributed by atoms with van der Waals surface area (Å²) < 4.78 is 40.9. The summed E-state index contributed by atoms with van der Waals surface area (Å²) in [5, 5.41) is 8.44. The molecule has 0 unspecified atom stereocenters. The molecular formula is C19H14ClF3N4O2. The third-order valence-electron chi connectivity index (χ3n) is 4.08. The molecule has 1 aliphatic rings. The van der Waals surface area contributed by atoms with Crippen molar-refractivity contribution < 1.29 is 22.8 Å². The zero-order valence-corrected chi connectivity index (χ0v) is 15.7. The summed E-state index contributed by atoms with van der Waals surface area (Å²) >= 11 is 5.72. The van der Waals surface area contributed by atoms with E-state index in [1.807, 2.05) is 5.43 Å². The number of para-hydroxylation sites is 1. The van der Waals surface area contributed by atoms with Crippen molar-refractivity contribution in [2.75, 3.05) is 5.01 Å². The Morgan fingerprint density at radius 2 is 1.76 bits per heavy atom. The molecule has 1 N–H and O–H groups in total. The number of anilines is 1. The molecule has 1 heterocycles. The Bertz CT molecular complexity index is 989. The van der Waals surface area contributed by atoms with Crippen molar-refractivity contribution in [3.63, 3.8) is 0 Å². The van der Waals surface area contributed by atoms with Crippen molar-refractivity contribution in [1.82, 2.24) is 5.43 Å². The predicted octanol–water partition coefficient (Wildman–Crippen LogP) is 4.03. The maximum atomic E-state index is 13.6. The molecule has 0 aliphatic carbocycles. The average Bonchev–Trinajstić information content (AvgIpc) is 2.97. The lowest BCUT2D eigenvalue weighted by molar-refractivity contribution is -0.119. The SMILES string of the molecule is CC1=NN(c2ccccc2)C(=O)[C@H]1/C(=N\NC(=O)c1ccc(Cl)cc1)C(F)(F)F. The highest BCUT2D eigenvalue weighted by molar-refractivity contribution is 6.30. The van der Waals surface area contributed by atoms with E-state index in [9.17, 15) is 22.8 Å². The lowest BCUT2D eigenvalue weighted by Crippen LogP contribution is -2.41. The van der Waals surface area contributed by atoms with Crippen molar-refractivity contribution in [2.45, 2.75) is 13.1 Å². The minimum atomic E-state index is -4.96. The number of carbonyl (C=O) groups excluding carboxylic acids is 2. The predicted molar refractivity (Wildman–Crippen MR) is 103 cm³/mol. The first-order valence-electron chi connectivity index (χ1n) is 8.33. The Morgan fingerprint density at radius 1 is 1.14 bits per heavy atom. The summed E-state index contributed by atoms with van der Waals surface area (Å²) in [4.78, 5) is 24.8. The Hall–Kier alpha value is -3.20. The molecule has 0 saturated carbocycles. The Kier molecular flexibility index (Phi) is 5.69. The van der Waals surface area contributed by atoms with E-state index in [4.69, 9.17) is 11.6 Å². The first kappa shape index (κ1) is 20.5. The Balaban J connectivity index is 1.88. The van der Waals surface area contributed by atoms with Gasteiger partial charge in [-0.15, -0.1) is 0 Å². The minimum absolute atomic E-state index is 0.0636. The van der Waals surface area contributed by atoms with Crippen LogP contribution in [0.3, 0.4) is 0 Å². The van der Waals surface area contributed by atoms with Crippen LogP contribution in [-0.4, -0.2) is 29.4 Å². The molecule has 0 radical (unpaired) electrons. The van der Waals surface area contributed by atoms with Gasteiger partial charge >= 0.3 is 6.18 Å². The zero-order valence-electron chi connectivity index (χ0n) is 14.9. The van der Waals surface area contributed by atoms with Gasteiger partial charge in [-0.1, -0.05) is 29.8 Å². The lowest BCUT2D eigenvalue weighted by atomic mass is 9.97. The van der Waals surface area contributed by atoms with Crippen molar-refractivity contribution in [3.05, 3.63) is 65.2 Å². The highest BCUT2D eigenvalue weighted by atomic mass is 35.5. The third-order valence-corrected chi connectivity index (χ3v) is 4.33. The number of halogens is 4. The van der Waals surface area contributed by atoms with Gasteiger partial charge in [-0.25, -0.2) is 5.43 Å². The van der Waals surface area contributed by atoms with Crippen LogP contribution >= 0.6 is 11.6 Å². The van der Waals surface area contributed by atoms with E-state index in [1.54, 1.807) is 30.3 Å². The van der Waals surface area contributed by atoms with Gasteiger partial charge < -0.3 is 0 Å². The number of carbonyl (C=O) groups is 2. The number of nitrogens with zero attached hydrogens (tertiary/aromatic N) is 3. The van der Waals surface area contributed by atoms with E-state index in [2.05, 4.69) is 10.2 Å². The number of benzene rings is 2. The topological polar surface area (TPSA) is 74.1 Å². The maximum Gasteiger partial charge on any atom is 0.432 e. The van der Waals surface area contributed by atoms with Gasteiger partial charge in [-0.05, 0) is 43.3 Å². The molecule has 0 spiro atoms. The fraction of sp³-hybridized carbons (Fsp3) is 0.158. The monoisotopic (exact) mass is 422 g/mol. The van der Waals surface area contributed by atoms with E-state index in [-0.39, 0.29) is 11.3 Å². The van der Waals surface area contributed by atoms with Gasteiger partial charge in [-0.3, -0.25) is 9.59 Å². The third kappa shape index (κ3) is 4.45. The molecule has 0 bridgehead atoms. The number of hydrogen-bond donors (Lipinski definition) is 1. The summed E-state index contributed by atoms with van der Waals surface area (Å²) in [6.45, 7) is 1.30. The van der Waals surface area contributed by atoms with Gasteiger partial charge in [0.1, 0.15) is 5.92 Å². The summed E-state index contributed by atoms with van der Waals surface area (Å²) in [5.74, 6) is -3.55. The second-order valence-electron chi connectivity index (χ2n) is 6.10. The molecular weight excluding hydrogens is 409 g/mol. The van der Waals surface area contributed by atoms with Gasteiger partial charge in [0.25, 0.3) is 11.8 Å². The summed E-state index contributed by atoms with van der Waals surface area (Å²) in [6.07, 6.45) is -4.96. The summed E-state index contributed by atoms with van der Waals surface area (Å²) in [7, 11) is 0. The fourth-order valence-electron chi connectivity index (χ4n) is 2.70. The van der Waals surface area contributed by atoms with Crippen molar-refractivity contribution in [3.8, 4) is 0 Å². The lowest BCUT2D eigenvalue weighted by Gasteiger charge is -2.17. The van der Waals surface area contributed by atoms with E-state index < -0.39 is 29.6 Å². The normalized spacial score (nSPS) is 17.3. The van der Waals surface area contributed by atoms with Gasteiger partial charge in [0, 0.05) is 10.6 Å². The molecule has 10 heteroatoms. The summed E-state index contributed by atoms with van der Waals surface area (Å²) in [6, 6.07) is 13.6. The number of nitrogens with one attached hydrogen (secondary N) is 1. The number of alkyl halides is 3. The van der Waals surface area contributed by atoms with E-state index in [1.165, 1.54) is 31.2 Å². The number of hydrazone groups is 2. The van der Waals surface area contributed by atoms with Crippen LogP contribution in [0, 0.1) is 5.92 Å². The van der Waals surface area contributed by atoms with Crippen LogP contribution in [0.4, 0.5) is 18.9 Å². The second kappa shape index (κ2) is 8.04. The van der Waals surface area contributed by atoms with Crippen molar-refractivity contribution in [1.29, 1.82) is 0 Å². The van der Waals surface area contributed by atoms with Crippen LogP contribution in [0.2, 0.25) is 5.02 Å². The van der Waals surface area contributed by atoms with E-state index in [0.717, 1.165) is 5.01 Å². The van der Waals surface area contributed by atoms with Crippen LogP contribution in [0.25, 0.3) is 0 Å². The maximum absolute atomic E-state index is 13.6. The molecule has 3 rings (SSSR count). The second-order valence-corrected chi connectivity index (χ2v) is 6.54.